The number of hydrogen-bond donors (Lipinski definition) is 0. The van der Waals surface area contributed by atoms with Crippen LogP contribution >= 0.6 is 0 Å². The van der Waals surface area contributed by atoms with Gasteiger partial charge in [-0.25, -0.2) is 0 Å². The predicted molar refractivity (Wildman–Crippen MR) is 55.9 cm³/mol. The van der Waals surface area contributed by atoms with Gasteiger partial charge in [0, 0.05) is 5.56 Å². The molecule has 0 atom stereocenters. The van der Waals surface area contributed by atoms with Crippen LogP contribution in [0, 0.1) is 0 Å². The molecule has 0 aliphatic rings. The molecule has 0 saturated heterocycles. The average molecular weight is 186 g/mol. The third kappa shape index (κ3) is 1.46. The van der Waals surface area contributed by atoms with Crippen LogP contribution in [0.25, 0.3) is 10.8 Å². The van der Waals surface area contributed by atoms with E-state index in [2.05, 4.69) is 0 Å². The molecule has 0 aliphatic carbocycles. The lowest BCUT2D eigenvalue weighted by molar-refractivity contribution is 0.112. The number of ether oxygens (including phenoxy) is 1. The standard InChI is InChI=1S/C12H10O2/c1-14-12-5-4-10-3-2-9(8-13)6-11(10)7-12/h2-8H,1H3. The predicted octanol–water partition coefficient (Wildman–Crippen LogP) is 2.66. The molecule has 2 nitrogen and oxygen atoms in total. The number of carbonyl (C=O) groups excluding carboxylic acids is 1. The lowest BCUT2D eigenvalue weighted by Gasteiger charge is -2.02. The largest absolute Gasteiger partial charge is 0.497 e. The SMILES string of the molecule is COc1ccc2ccc(C=O)cc2c1. The molecule has 2 rings (SSSR count). The molecular formula is C12H10O2. The fraction of sp³-hybridized carbons (Fsp3) is 0.0833. The first-order valence-electron chi connectivity index (χ1n) is 4.36. The van der Waals surface area contributed by atoms with Gasteiger partial charge in [-0.1, -0.05) is 18.2 Å². The minimum Gasteiger partial charge on any atom is -0.497 e. The van der Waals surface area contributed by atoms with Crippen molar-refractivity contribution < 1.29 is 9.53 Å². The van der Waals surface area contributed by atoms with Crippen molar-refractivity contribution in [1.82, 2.24) is 0 Å². The number of fused-ring (bicyclic) bond motifs is 1. The maximum Gasteiger partial charge on any atom is 0.150 e. The van der Waals surface area contributed by atoms with Crippen LogP contribution < -0.4 is 4.74 Å². The molecule has 0 radical (unpaired) electrons. The van der Waals surface area contributed by atoms with Crippen LogP contribution in [0.4, 0.5) is 0 Å². The Morgan fingerprint density at radius 1 is 1.07 bits per heavy atom. The van der Waals surface area contributed by atoms with Crippen molar-refractivity contribution >= 4 is 17.1 Å². The van der Waals surface area contributed by atoms with E-state index in [0.717, 1.165) is 22.8 Å². The van der Waals surface area contributed by atoms with Crippen LogP contribution in [0.15, 0.2) is 36.4 Å². The summed E-state index contributed by atoms with van der Waals surface area (Å²) in [4.78, 5) is 10.6. The molecule has 0 unspecified atom stereocenters. The topological polar surface area (TPSA) is 26.3 Å². The van der Waals surface area contributed by atoms with E-state index in [4.69, 9.17) is 4.74 Å². The summed E-state index contributed by atoms with van der Waals surface area (Å²) < 4.78 is 5.11. The minimum atomic E-state index is 0.686. The third-order valence-electron chi connectivity index (χ3n) is 2.21. The second kappa shape index (κ2) is 3.50. The lowest BCUT2D eigenvalue weighted by atomic mass is 10.1. The molecule has 0 heterocycles. The molecule has 0 spiro atoms. The van der Waals surface area contributed by atoms with Gasteiger partial charge in [0.25, 0.3) is 0 Å². The molecule has 0 bridgehead atoms. The van der Waals surface area contributed by atoms with Crippen LogP contribution in [0.1, 0.15) is 10.4 Å². The molecule has 0 saturated carbocycles. The van der Waals surface area contributed by atoms with Crippen molar-refractivity contribution in [2.24, 2.45) is 0 Å². The highest BCUT2D eigenvalue weighted by Gasteiger charge is 1.97. The van der Waals surface area contributed by atoms with E-state index < -0.39 is 0 Å². The van der Waals surface area contributed by atoms with E-state index in [1.165, 1.54) is 0 Å². The van der Waals surface area contributed by atoms with E-state index in [0.29, 0.717) is 5.56 Å². The van der Waals surface area contributed by atoms with Crippen LogP contribution in [0.3, 0.4) is 0 Å². The molecule has 2 heteroatoms. The van der Waals surface area contributed by atoms with Gasteiger partial charge in [-0.05, 0) is 29.0 Å². The Morgan fingerprint density at radius 2 is 1.86 bits per heavy atom. The number of aldehydes is 1. The summed E-state index contributed by atoms with van der Waals surface area (Å²) >= 11 is 0. The second-order valence-electron chi connectivity index (χ2n) is 3.09. The van der Waals surface area contributed by atoms with Crippen molar-refractivity contribution in [1.29, 1.82) is 0 Å². The van der Waals surface area contributed by atoms with Crippen molar-refractivity contribution in [3.8, 4) is 5.75 Å². The third-order valence-corrected chi connectivity index (χ3v) is 2.21. The molecule has 0 fully saturated rings. The maximum absolute atomic E-state index is 10.6. The zero-order valence-electron chi connectivity index (χ0n) is 7.86. The smallest absolute Gasteiger partial charge is 0.150 e. The summed E-state index contributed by atoms with van der Waals surface area (Å²) in [5, 5.41) is 2.13. The highest BCUT2D eigenvalue weighted by atomic mass is 16.5. The zero-order valence-corrected chi connectivity index (χ0v) is 7.86. The lowest BCUT2D eigenvalue weighted by Crippen LogP contribution is -1.84. The van der Waals surface area contributed by atoms with E-state index in [1.54, 1.807) is 7.11 Å². The quantitative estimate of drug-likeness (QED) is 0.674. The Labute approximate surface area is 82.1 Å². The second-order valence-corrected chi connectivity index (χ2v) is 3.09. The Hall–Kier alpha value is -1.83. The number of methoxy groups -OCH3 is 1. The Kier molecular flexibility index (Phi) is 2.19. The minimum absolute atomic E-state index is 0.686. The van der Waals surface area contributed by atoms with Crippen molar-refractivity contribution in [3.63, 3.8) is 0 Å². The van der Waals surface area contributed by atoms with Gasteiger partial charge in [0.15, 0.2) is 0 Å². The summed E-state index contributed by atoms with van der Waals surface area (Å²) in [5.41, 5.74) is 0.686. The average Bonchev–Trinajstić information content (AvgIpc) is 2.27. The monoisotopic (exact) mass is 186 g/mol. The van der Waals surface area contributed by atoms with Crippen molar-refractivity contribution in [2.75, 3.05) is 7.11 Å². The number of hydrogen-bond acceptors (Lipinski definition) is 2. The van der Waals surface area contributed by atoms with Gasteiger partial charge in [0.2, 0.25) is 0 Å². The summed E-state index contributed by atoms with van der Waals surface area (Å²) in [5.74, 6) is 0.806. The summed E-state index contributed by atoms with van der Waals surface area (Å²) in [7, 11) is 1.63. The first-order valence-corrected chi connectivity index (χ1v) is 4.36. The fourth-order valence-electron chi connectivity index (χ4n) is 1.44. The molecule has 14 heavy (non-hydrogen) atoms. The van der Waals surface area contributed by atoms with Crippen LogP contribution in [0.2, 0.25) is 0 Å². The van der Waals surface area contributed by atoms with Crippen molar-refractivity contribution in [3.05, 3.63) is 42.0 Å². The molecule has 2 aromatic rings. The molecular weight excluding hydrogens is 176 g/mol. The Morgan fingerprint density at radius 3 is 2.57 bits per heavy atom. The van der Waals surface area contributed by atoms with Gasteiger partial charge in [-0.3, -0.25) is 4.79 Å². The number of rotatable bonds is 2. The first-order chi connectivity index (χ1) is 6.83. The normalized spacial score (nSPS) is 10.1. The highest BCUT2D eigenvalue weighted by molar-refractivity contribution is 5.89. The maximum atomic E-state index is 10.6. The van der Waals surface area contributed by atoms with Crippen LogP contribution in [-0.4, -0.2) is 13.4 Å². The van der Waals surface area contributed by atoms with Gasteiger partial charge in [-0.15, -0.1) is 0 Å². The van der Waals surface area contributed by atoms with E-state index >= 15 is 0 Å². The van der Waals surface area contributed by atoms with Crippen LogP contribution in [-0.2, 0) is 0 Å². The molecule has 0 aromatic heterocycles. The highest BCUT2D eigenvalue weighted by Crippen LogP contribution is 2.21. The summed E-state index contributed by atoms with van der Waals surface area (Å²) in [6.45, 7) is 0. The molecule has 0 aliphatic heterocycles. The summed E-state index contributed by atoms with van der Waals surface area (Å²) in [6, 6.07) is 11.4. The van der Waals surface area contributed by atoms with Gasteiger partial charge >= 0.3 is 0 Å². The zero-order chi connectivity index (χ0) is 9.97. The Balaban J connectivity index is 2.65. The Bertz CT molecular complexity index is 475. The number of benzene rings is 2. The van der Waals surface area contributed by atoms with Gasteiger partial charge in [0.05, 0.1) is 7.11 Å². The molecule has 0 amide bonds. The van der Waals surface area contributed by atoms with Crippen molar-refractivity contribution in [2.45, 2.75) is 0 Å². The molecule has 70 valence electrons. The van der Waals surface area contributed by atoms with Gasteiger partial charge in [0.1, 0.15) is 12.0 Å². The van der Waals surface area contributed by atoms with Crippen LogP contribution in [0.5, 0.6) is 5.75 Å². The van der Waals surface area contributed by atoms with Gasteiger partial charge in [-0.2, -0.15) is 0 Å². The van der Waals surface area contributed by atoms with E-state index in [9.17, 15) is 4.79 Å². The van der Waals surface area contributed by atoms with Gasteiger partial charge < -0.3 is 4.74 Å². The van der Waals surface area contributed by atoms with E-state index in [-0.39, 0.29) is 0 Å². The summed E-state index contributed by atoms with van der Waals surface area (Å²) in [6.07, 6.45) is 0.846. The molecule has 0 N–H and O–H groups in total. The first kappa shape index (κ1) is 8.75. The van der Waals surface area contributed by atoms with E-state index in [1.807, 2.05) is 36.4 Å². The fourth-order valence-corrected chi connectivity index (χ4v) is 1.44. The molecule has 2 aromatic carbocycles. The number of carbonyl (C=O) groups is 1.